The molecule has 5 aromatic rings. The summed E-state index contributed by atoms with van der Waals surface area (Å²) in [6.45, 7) is 0. The van der Waals surface area contributed by atoms with E-state index in [0.29, 0.717) is 5.82 Å². The number of anilines is 1. The predicted molar refractivity (Wildman–Crippen MR) is 135 cm³/mol. The maximum atomic E-state index is 11.6. The van der Waals surface area contributed by atoms with Gasteiger partial charge in [-0.1, -0.05) is 36.4 Å². The van der Waals surface area contributed by atoms with E-state index >= 15 is 0 Å². The van der Waals surface area contributed by atoms with E-state index in [2.05, 4.69) is 15.0 Å². The fourth-order valence-corrected chi connectivity index (χ4v) is 5.03. The average molecular weight is 464 g/mol. The lowest BCUT2D eigenvalue weighted by molar-refractivity contribution is -0.122. The molecule has 1 saturated carbocycles. The van der Waals surface area contributed by atoms with E-state index in [1.54, 1.807) is 12.4 Å². The zero-order valence-electron chi connectivity index (χ0n) is 19.1. The lowest BCUT2D eigenvalue weighted by Crippen LogP contribution is -2.27. The first-order valence-electron chi connectivity index (χ1n) is 11.8. The first-order chi connectivity index (χ1) is 17.1. The fourth-order valence-electron chi connectivity index (χ4n) is 5.03. The van der Waals surface area contributed by atoms with Crippen LogP contribution in [0.3, 0.4) is 0 Å². The highest BCUT2D eigenvalue weighted by Gasteiger charge is 2.28. The number of benzene rings is 2. The number of amides is 1. The molecular formula is C27H25N7O. The van der Waals surface area contributed by atoms with E-state index < -0.39 is 0 Å². The van der Waals surface area contributed by atoms with Crippen molar-refractivity contribution < 1.29 is 4.79 Å². The van der Waals surface area contributed by atoms with E-state index in [1.165, 1.54) is 0 Å². The predicted octanol–water partition coefficient (Wildman–Crippen LogP) is 4.35. The number of carbonyl (C=O) groups excluding carboxylic acids is 1. The monoisotopic (exact) mass is 463 g/mol. The van der Waals surface area contributed by atoms with Crippen LogP contribution in [0.2, 0.25) is 0 Å². The van der Waals surface area contributed by atoms with E-state index in [1.807, 2.05) is 59.1 Å². The number of imidazole rings is 1. The summed E-state index contributed by atoms with van der Waals surface area (Å²) in [5, 5.41) is 0. The van der Waals surface area contributed by atoms with Crippen LogP contribution >= 0.6 is 0 Å². The number of hydrogen-bond donors (Lipinski definition) is 2. The molecule has 0 aliphatic heterocycles. The van der Waals surface area contributed by atoms with Crippen molar-refractivity contribution in [3.63, 3.8) is 0 Å². The average Bonchev–Trinajstić information content (AvgIpc) is 3.33. The number of nitrogens with two attached hydrogens (primary N) is 2. The third-order valence-electron chi connectivity index (χ3n) is 6.98. The Morgan fingerprint density at radius 3 is 2.43 bits per heavy atom. The molecule has 1 aliphatic carbocycles. The highest BCUT2D eigenvalue weighted by Crippen LogP contribution is 2.36. The highest BCUT2D eigenvalue weighted by molar-refractivity contribution is 5.83. The van der Waals surface area contributed by atoms with Gasteiger partial charge in [-0.25, -0.2) is 15.0 Å². The van der Waals surface area contributed by atoms with E-state index in [4.69, 9.17) is 16.5 Å². The Kier molecular flexibility index (Phi) is 5.13. The summed E-state index contributed by atoms with van der Waals surface area (Å²) in [6.07, 6.45) is 8.88. The van der Waals surface area contributed by atoms with Crippen LogP contribution in [-0.4, -0.2) is 30.2 Å². The Hall–Kier alpha value is -4.33. The summed E-state index contributed by atoms with van der Waals surface area (Å²) in [7, 11) is 0. The Labute approximate surface area is 202 Å². The lowest BCUT2D eigenvalue weighted by Gasteiger charge is -2.25. The van der Waals surface area contributed by atoms with Gasteiger partial charge in [0.15, 0.2) is 0 Å². The Balaban J connectivity index is 1.38. The number of nitrogen functional groups attached to an aromatic ring is 1. The highest BCUT2D eigenvalue weighted by atomic mass is 16.1. The Morgan fingerprint density at radius 1 is 0.857 bits per heavy atom. The summed E-state index contributed by atoms with van der Waals surface area (Å²) in [4.78, 5) is 30.3. The second kappa shape index (κ2) is 8.47. The minimum atomic E-state index is -0.206. The minimum Gasteiger partial charge on any atom is -0.382 e. The van der Waals surface area contributed by atoms with Crippen molar-refractivity contribution in [3.8, 4) is 22.5 Å². The first-order valence-corrected chi connectivity index (χ1v) is 11.8. The number of primary amides is 1. The molecule has 0 unspecified atom stereocenters. The van der Waals surface area contributed by atoms with Crippen LogP contribution < -0.4 is 11.5 Å². The van der Waals surface area contributed by atoms with Crippen LogP contribution in [0.25, 0.3) is 39.1 Å². The number of nitrogens with zero attached hydrogens (tertiary/aromatic N) is 5. The fraction of sp³-hybridized carbons (Fsp3) is 0.222. The van der Waals surface area contributed by atoms with Crippen LogP contribution in [0.15, 0.2) is 67.1 Å². The molecule has 1 amide bonds. The van der Waals surface area contributed by atoms with Gasteiger partial charge in [-0.15, -0.1) is 0 Å². The van der Waals surface area contributed by atoms with Gasteiger partial charge in [0.25, 0.3) is 0 Å². The van der Waals surface area contributed by atoms with Gasteiger partial charge in [-0.3, -0.25) is 14.2 Å². The summed E-state index contributed by atoms with van der Waals surface area (Å²) >= 11 is 0. The molecule has 3 heterocycles. The Bertz CT molecular complexity index is 1550. The molecule has 0 spiro atoms. The molecule has 4 N–H and O–H groups in total. The van der Waals surface area contributed by atoms with Crippen molar-refractivity contribution >= 4 is 28.3 Å². The van der Waals surface area contributed by atoms with Gasteiger partial charge in [0.1, 0.15) is 17.2 Å². The van der Waals surface area contributed by atoms with Crippen LogP contribution in [0.4, 0.5) is 5.82 Å². The zero-order valence-corrected chi connectivity index (χ0v) is 19.1. The third kappa shape index (κ3) is 3.86. The first kappa shape index (κ1) is 21.2. The van der Waals surface area contributed by atoms with Crippen molar-refractivity contribution in [3.05, 3.63) is 72.9 Å². The smallest absolute Gasteiger partial charge is 0.220 e. The quantitative estimate of drug-likeness (QED) is 0.408. The van der Waals surface area contributed by atoms with Crippen LogP contribution in [0, 0.1) is 5.92 Å². The summed E-state index contributed by atoms with van der Waals surface area (Å²) in [6, 6.07) is 15.9. The molecule has 6 rings (SSSR count). The van der Waals surface area contributed by atoms with Crippen molar-refractivity contribution in [2.45, 2.75) is 31.6 Å². The molecule has 1 fully saturated rings. The van der Waals surface area contributed by atoms with Gasteiger partial charge in [0, 0.05) is 29.2 Å². The van der Waals surface area contributed by atoms with Crippen molar-refractivity contribution in [1.29, 1.82) is 0 Å². The van der Waals surface area contributed by atoms with Crippen LogP contribution in [0.5, 0.6) is 0 Å². The van der Waals surface area contributed by atoms with Gasteiger partial charge in [-0.05, 0) is 37.8 Å². The SMILES string of the molecule is NC(=O)C1CCC(c2ncc3c(N)nc(-c4ccc5ncc(-c6ccccc6)nc5c4)cn23)CC1. The van der Waals surface area contributed by atoms with Crippen LogP contribution in [-0.2, 0) is 4.79 Å². The van der Waals surface area contributed by atoms with Crippen LogP contribution in [0.1, 0.15) is 37.4 Å². The number of aromatic nitrogens is 5. The van der Waals surface area contributed by atoms with Gasteiger partial charge >= 0.3 is 0 Å². The van der Waals surface area contributed by atoms with Crippen molar-refractivity contribution in [2.75, 3.05) is 5.73 Å². The van der Waals surface area contributed by atoms with E-state index in [0.717, 1.165) is 70.6 Å². The molecule has 3 aromatic heterocycles. The molecule has 0 saturated heterocycles. The number of rotatable bonds is 4. The molecule has 0 bridgehead atoms. The maximum absolute atomic E-state index is 11.6. The zero-order chi connectivity index (χ0) is 23.9. The molecule has 0 atom stereocenters. The third-order valence-corrected chi connectivity index (χ3v) is 6.98. The summed E-state index contributed by atoms with van der Waals surface area (Å²) in [5.74, 6) is 1.38. The van der Waals surface area contributed by atoms with Gasteiger partial charge in [-0.2, -0.15) is 0 Å². The molecule has 0 radical (unpaired) electrons. The second-order valence-corrected chi connectivity index (χ2v) is 9.16. The molecule has 174 valence electrons. The van der Waals surface area contributed by atoms with E-state index in [9.17, 15) is 4.79 Å². The largest absolute Gasteiger partial charge is 0.382 e. The Morgan fingerprint density at radius 2 is 1.66 bits per heavy atom. The van der Waals surface area contributed by atoms with E-state index in [-0.39, 0.29) is 17.7 Å². The van der Waals surface area contributed by atoms with Gasteiger partial charge in [0.2, 0.25) is 5.91 Å². The second-order valence-electron chi connectivity index (χ2n) is 9.16. The number of carbonyl (C=O) groups is 1. The number of hydrogen-bond acceptors (Lipinski definition) is 6. The van der Waals surface area contributed by atoms with Gasteiger partial charge in [0.05, 0.1) is 34.8 Å². The summed E-state index contributed by atoms with van der Waals surface area (Å²) < 4.78 is 2.04. The standard InChI is InChI=1S/C27H25N7O/c28-25-24-14-31-27(18-8-6-17(7-9-18)26(29)35)34(24)15-23(33-25)19-10-11-20-21(12-19)32-22(13-30-20)16-4-2-1-3-5-16/h1-5,10-15,17-18H,6-9H2,(H2,28,33)(H2,29,35). The number of fused-ring (bicyclic) bond motifs is 2. The molecule has 2 aromatic carbocycles. The normalized spacial score (nSPS) is 18.2. The molecule has 35 heavy (non-hydrogen) atoms. The minimum absolute atomic E-state index is 0.0424. The molecule has 8 heteroatoms. The molecule has 1 aliphatic rings. The molecule has 8 nitrogen and oxygen atoms in total. The van der Waals surface area contributed by atoms with Crippen molar-refractivity contribution in [2.24, 2.45) is 11.7 Å². The summed E-state index contributed by atoms with van der Waals surface area (Å²) in [5.41, 5.74) is 17.7. The topological polar surface area (TPSA) is 125 Å². The van der Waals surface area contributed by atoms with Crippen molar-refractivity contribution in [1.82, 2.24) is 24.3 Å². The lowest BCUT2D eigenvalue weighted by atomic mass is 9.81. The molecular weight excluding hydrogens is 438 g/mol. The van der Waals surface area contributed by atoms with Gasteiger partial charge < -0.3 is 11.5 Å². The maximum Gasteiger partial charge on any atom is 0.220 e.